The first-order valence-corrected chi connectivity index (χ1v) is 11.8. The van der Waals surface area contributed by atoms with E-state index < -0.39 is 34.7 Å². The number of nitrogens with zero attached hydrogens (tertiary/aromatic N) is 1. The predicted octanol–water partition coefficient (Wildman–Crippen LogP) is 7.51. The van der Waals surface area contributed by atoms with Gasteiger partial charge in [0.15, 0.2) is 0 Å². The Morgan fingerprint density at radius 2 is 1.61 bits per heavy atom. The molecular formula is C27H30F3NO2. The van der Waals surface area contributed by atoms with Gasteiger partial charge >= 0.3 is 5.97 Å². The summed E-state index contributed by atoms with van der Waals surface area (Å²) in [4.78, 5) is 12.3. The Labute approximate surface area is 193 Å². The monoisotopic (exact) mass is 457 g/mol. The fourth-order valence-electron chi connectivity index (χ4n) is 4.62. The molecule has 0 radical (unpaired) electrons. The summed E-state index contributed by atoms with van der Waals surface area (Å²) >= 11 is 0. The topological polar surface area (TPSA) is 50.1 Å². The molecule has 2 aromatic carbocycles. The quantitative estimate of drug-likeness (QED) is 0.222. The van der Waals surface area contributed by atoms with Crippen LogP contribution in [0.25, 0.3) is 0 Å². The Bertz CT molecular complexity index is 984. The van der Waals surface area contributed by atoms with E-state index in [2.05, 4.69) is 6.92 Å². The number of aryl methyl sites for hydroxylation is 1. The van der Waals surface area contributed by atoms with Gasteiger partial charge in [-0.2, -0.15) is 5.26 Å². The molecule has 0 aromatic heterocycles. The highest BCUT2D eigenvalue weighted by atomic mass is 19.1. The number of benzene rings is 2. The maximum atomic E-state index is 14.6. The molecule has 1 fully saturated rings. The van der Waals surface area contributed by atoms with Crippen molar-refractivity contribution in [1.29, 1.82) is 5.26 Å². The van der Waals surface area contributed by atoms with Crippen LogP contribution >= 0.6 is 0 Å². The van der Waals surface area contributed by atoms with Gasteiger partial charge in [0, 0.05) is 12.1 Å². The molecule has 2 aromatic rings. The third kappa shape index (κ3) is 6.83. The molecule has 0 heterocycles. The minimum absolute atomic E-state index is 0.309. The van der Waals surface area contributed by atoms with Crippen molar-refractivity contribution < 1.29 is 22.7 Å². The zero-order chi connectivity index (χ0) is 23.8. The number of hydrogen-bond donors (Lipinski definition) is 0. The Kier molecular flexibility index (Phi) is 8.94. The summed E-state index contributed by atoms with van der Waals surface area (Å²) in [6.45, 7) is 2.23. The SMILES string of the molecule is CCCCC[C@H]1CC[C@H](CCc2ccc(C(=O)Oc3cc(F)c(C#N)c(F)c3)c(F)c2)CC1. The highest BCUT2D eigenvalue weighted by Gasteiger charge is 2.21. The highest BCUT2D eigenvalue weighted by Crippen LogP contribution is 2.34. The largest absolute Gasteiger partial charge is 0.423 e. The fraction of sp³-hybridized carbons (Fsp3) is 0.481. The van der Waals surface area contributed by atoms with Crippen molar-refractivity contribution in [3.8, 4) is 11.8 Å². The average Bonchev–Trinajstić information content (AvgIpc) is 2.78. The Morgan fingerprint density at radius 3 is 2.18 bits per heavy atom. The number of hydrogen-bond acceptors (Lipinski definition) is 3. The number of halogens is 3. The summed E-state index contributed by atoms with van der Waals surface area (Å²) in [6.07, 6.45) is 12.0. The van der Waals surface area contributed by atoms with Crippen LogP contribution in [0.5, 0.6) is 5.75 Å². The van der Waals surface area contributed by atoms with Crippen LogP contribution in [-0.4, -0.2) is 5.97 Å². The van der Waals surface area contributed by atoms with Gasteiger partial charge in [-0.15, -0.1) is 0 Å². The van der Waals surface area contributed by atoms with E-state index in [9.17, 15) is 18.0 Å². The molecular weight excluding hydrogens is 427 g/mol. The van der Waals surface area contributed by atoms with E-state index in [1.807, 2.05) is 0 Å². The van der Waals surface area contributed by atoms with E-state index in [0.29, 0.717) is 5.92 Å². The summed E-state index contributed by atoms with van der Waals surface area (Å²) in [5, 5.41) is 8.70. The van der Waals surface area contributed by atoms with Gasteiger partial charge in [-0.05, 0) is 42.4 Å². The summed E-state index contributed by atoms with van der Waals surface area (Å²) in [5.74, 6) is -2.99. The first-order valence-electron chi connectivity index (χ1n) is 11.8. The maximum Gasteiger partial charge on any atom is 0.346 e. The first-order chi connectivity index (χ1) is 15.9. The van der Waals surface area contributed by atoms with Crippen LogP contribution in [-0.2, 0) is 6.42 Å². The van der Waals surface area contributed by atoms with Crippen LogP contribution in [0, 0.1) is 40.6 Å². The van der Waals surface area contributed by atoms with Crippen molar-refractivity contribution >= 4 is 5.97 Å². The molecule has 0 aliphatic heterocycles. The molecule has 0 bridgehead atoms. The lowest BCUT2D eigenvalue weighted by Crippen LogP contribution is -2.15. The fourth-order valence-corrected chi connectivity index (χ4v) is 4.62. The van der Waals surface area contributed by atoms with E-state index in [1.54, 1.807) is 6.07 Å². The van der Waals surface area contributed by atoms with Gasteiger partial charge < -0.3 is 4.74 Å². The summed E-state index contributed by atoms with van der Waals surface area (Å²) < 4.78 is 46.9. The number of esters is 1. The minimum Gasteiger partial charge on any atom is -0.423 e. The van der Waals surface area contributed by atoms with Gasteiger partial charge in [-0.1, -0.05) is 64.4 Å². The van der Waals surface area contributed by atoms with E-state index in [0.717, 1.165) is 36.5 Å². The molecule has 3 rings (SSSR count). The molecule has 1 saturated carbocycles. The number of nitriles is 1. The normalized spacial score (nSPS) is 18.0. The van der Waals surface area contributed by atoms with Crippen LogP contribution in [0.2, 0.25) is 0 Å². The second-order valence-electron chi connectivity index (χ2n) is 9.00. The molecule has 1 aliphatic carbocycles. The van der Waals surface area contributed by atoms with Crippen LogP contribution < -0.4 is 4.74 Å². The molecule has 0 N–H and O–H groups in total. The predicted molar refractivity (Wildman–Crippen MR) is 120 cm³/mol. The minimum atomic E-state index is -1.15. The molecule has 0 spiro atoms. The number of unbranched alkanes of at least 4 members (excludes halogenated alkanes) is 2. The standard InChI is InChI=1S/C27H30F3NO2/c1-2-3-4-5-18-6-8-19(9-7-18)10-11-20-12-13-22(24(28)14-20)27(32)33-21-15-25(29)23(17-31)26(30)16-21/h12-16,18-19H,2-11H2,1H3/t18-,19-. The van der Waals surface area contributed by atoms with E-state index >= 15 is 0 Å². The van der Waals surface area contributed by atoms with Crippen LogP contribution in [0.3, 0.4) is 0 Å². The third-order valence-electron chi connectivity index (χ3n) is 6.61. The van der Waals surface area contributed by atoms with Gasteiger partial charge in [0.25, 0.3) is 0 Å². The molecule has 0 unspecified atom stereocenters. The van der Waals surface area contributed by atoms with Crippen molar-refractivity contribution in [2.75, 3.05) is 0 Å². The molecule has 6 heteroatoms. The number of carbonyl (C=O) groups excluding carboxylic acids is 1. The molecule has 0 atom stereocenters. The molecule has 33 heavy (non-hydrogen) atoms. The Morgan fingerprint density at radius 1 is 0.970 bits per heavy atom. The average molecular weight is 458 g/mol. The summed E-state index contributed by atoms with van der Waals surface area (Å²) in [5.41, 5.74) is -0.267. The zero-order valence-electron chi connectivity index (χ0n) is 19.0. The van der Waals surface area contributed by atoms with E-state index in [4.69, 9.17) is 10.00 Å². The number of ether oxygens (including phenoxy) is 1. The lowest BCUT2D eigenvalue weighted by Gasteiger charge is -2.28. The van der Waals surface area contributed by atoms with Gasteiger partial charge in [0.1, 0.15) is 34.8 Å². The third-order valence-corrected chi connectivity index (χ3v) is 6.61. The molecule has 176 valence electrons. The van der Waals surface area contributed by atoms with Crippen molar-refractivity contribution in [2.45, 2.75) is 71.1 Å². The first kappa shape index (κ1) is 24.8. The van der Waals surface area contributed by atoms with Gasteiger partial charge in [0.2, 0.25) is 0 Å². The van der Waals surface area contributed by atoms with Crippen LogP contribution in [0.4, 0.5) is 13.2 Å². The van der Waals surface area contributed by atoms with Crippen molar-refractivity contribution in [3.05, 3.63) is 64.5 Å². The second-order valence-corrected chi connectivity index (χ2v) is 9.00. The second kappa shape index (κ2) is 11.9. The van der Waals surface area contributed by atoms with Crippen LogP contribution in [0.15, 0.2) is 30.3 Å². The summed E-state index contributed by atoms with van der Waals surface area (Å²) in [6, 6.07) is 7.20. The Hall–Kier alpha value is -2.81. The molecule has 1 aliphatic rings. The maximum absolute atomic E-state index is 14.6. The molecule has 0 saturated heterocycles. The Balaban J connectivity index is 1.52. The molecule has 3 nitrogen and oxygen atoms in total. The van der Waals surface area contributed by atoms with Gasteiger partial charge in [-0.25, -0.2) is 18.0 Å². The highest BCUT2D eigenvalue weighted by molar-refractivity contribution is 5.91. The van der Waals surface area contributed by atoms with Gasteiger partial charge in [-0.3, -0.25) is 0 Å². The summed E-state index contributed by atoms with van der Waals surface area (Å²) in [7, 11) is 0. The zero-order valence-corrected chi connectivity index (χ0v) is 19.0. The lowest BCUT2D eigenvalue weighted by atomic mass is 9.78. The van der Waals surface area contributed by atoms with Crippen LogP contribution in [0.1, 0.15) is 86.2 Å². The molecule has 0 amide bonds. The lowest BCUT2D eigenvalue weighted by molar-refractivity contribution is 0.0729. The van der Waals surface area contributed by atoms with E-state index in [1.165, 1.54) is 69.6 Å². The van der Waals surface area contributed by atoms with Crippen molar-refractivity contribution in [2.24, 2.45) is 11.8 Å². The number of rotatable bonds is 9. The van der Waals surface area contributed by atoms with E-state index in [-0.39, 0.29) is 5.56 Å². The van der Waals surface area contributed by atoms with Crippen molar-refractivity contribution in [1.82, 2.24) is 0 Å². The smallest absolute Gasteiger partial charge is 0.346 e. The van der Waals surface area contributed by atoms with Crippen molar-refractivity contribution in [3.63, 3.8) is 0 Å². The number of carbonyl (C=O) groups is 1. The van der Waals surface area contributed by atoms with Gasteiger partial charge in [0.05, 0.1) is 5.56 Å².